The van der Waals surface area contributed by atoms with Crippen LogP contribution in [0.4, 0.5) is 0 Å². The maximum absolute atomic E-state index is 4.49. The maximum atomic E-state index is 4.49. The van der Waals surface area contributed by atoms with E-state index in [1.54, 1.807) is 25.0 Å². The predicted octanol–water partition coefficient (Wildman–Crippen LogP) is 9.91. The van der Waals surface area contributed by atoms with Gasteiger partial charge in [-0.1, -0.05) is 92.7 Å². The van der Waals surface area contributed by atoms with Crippen LogP contribution in [0.5, 0.6) is 0 Å². The van der Waals surface area contributed by atoms with Gasteiger partial charge in [0.25, 0.3) is 0 Å². The molecule has 5 aromatic carbocycles. The van der Waals surface area contributed by atoms with Gasteiger partial charge in [0.05, 0.1) is 11.4 Å². The Bertz CT molecular complexity index is 2170. The molecule has 0 amide bonds. The van der Waals surface area contributed by atoms with Crippen LogP contribution < -0.4 is 0 Å². The summed E-state index contributed by atoms with van der Waals surface area (Å²) >= 11 is 0. The second-order valence-corrected chi connectivity index (χ2v) is 12.1. The van der Waals surface area contributed by atoms with Crippen LogP contribution >= 0.6 is 0 Å². The summed E-state index contributed by atoms with van der Waals surface area (Å²) in [7, 11) is 0. The molecule has 0 N–H and O–H groups in total. The Labute approximate surface area is 263 Å². The normalized spacial score (nSPS) is 12.8. The third-order valence-electron chi connectivity index (χ3n) is 9.02. The van der Waals surface area contributed by atoms with Gasteiger partial charge in [0.1, 0.15) is 12.7 Å². The van der Waals surface area contributed by atoms with Gasteiger partial charge in [-0.3, -0.25) is 0 Å². The summed E-state index contributed by atoms with van der Waals surface area (Å²) in [4.78, 5) is 17.1. The summed E-state index contributed by atoms with van der Waals surface area (Å²) in [5, 5.41) is 0. The van der Waals surface area contributed by atoms with Crippen molar-refractivity contribution in [2.45, 2.75) is 19.3 Å². The molecule has 7 aromatic rings. The van der Waals surface area contributed by atoms with E-state index < -0.39 is 0 Å². The third kappa shape index (κ3) is 4.81. The van der Waals surface area contributed by atoms with E-state index in [-0.39, 0.29) is 5.41 Å². The SMILES string of the molecule is CC1(C)c2ccccc2-c2cc(-c3cc(-c4ccc(-c5ccncn5)cc4)cc(-c4cccc(-c5ccncn5)c4)c3)ccc21. The lowest BCUT2D eigenvalue weighted by molar-refractivity contribution is 0.660. The lowest BCUT2D eigenvalue weighted by Crippen LogP contribution is -2.14. The van der Waals surface area contributed by atoms with Gasteiger partial charge >= 0.3 is 0 Å². The Morgan fingerprint density at radius 3 is 1.62 bits per heavy atom. The summed E-state index contributed by atoms with van der Waals surface area (Å²) in [6.07, 6.45) is 6.74. The monoisotopic (exact) mass is 578 g/mol. The second-order valence-electron chi connectivity index (χ2n) is 12.1. The van der Waals surface area contributed by atoms with Crippen molar-refractivity contribution >= 4 is 0 Å². The standard InChI is InChI=1S/C41H30N4/c1-41(2)37-9-4-3-8-35(37)36-24-30(14-15-38(36)41)34-22-32(27-10-12-28(13-11-27)39-16-18-42-25-44-39)21-33(23-34)29-6-5-7-31(20-29)40-17-19-43-26-45-40/h3-26H,1-2H3. The highest BCUT2D eigenvalue weighted by Gasteiger charge is 2.35. The molecule has 0 radical (unpaired) electrons. The van der Waals surface area contributed by atoms with Gasteiger partial charge in [0.15, 0.2) is 0 Å². The van der Waals surface area contributed by atoms with Crippen LogP contribution in [-0.2, 0) is 5.41 Å². The van der Waals surface area contributed by atoms with Gasteiger partial charge in [0.2, 0.25) is 0 Å². The van der Waals surface area contributed by atoms with Crippen molar-refractivity contribution in [3.63, 3.8) is 0 Å². The Morgan fingerprint density at radius 1 is 0.400 bits per heavy atom. The van der Waals surface area contributed by atoms with Crippen molar-refractivity contribution in [1.82, 2.24) is 19.9 Å². The first-order valence-corrected chi connectivity index (χ1v) is 15.2. The minimum atomic E-state index is -0.0235. The van der Waals surface area contributed by atoms with Gasteiger partial charge in [-0.05, 0) is 98.1 Å². The smallest absolute Gasteiger partial charge is 0.116 e. The Balaban J connectivity index is 1.27. The highest BCUT2D eigenvalue weighted by molar-refractivity contribution is 5.87. The van der Waals surface area contributed by atoms with E-state index in [0.717, 1.165) is 44.8 Å². The molecule has 0 saturated heterocycles. The number of aromatic nitrogens is 4. The number of hydrogen-bond donors (Lipinski definition) is 0. The van der Waals surface area contributed by atoms with E-state index in [9.17, 15) is 0 Å². The first-order valence-electron chi connectivity index (χ1n) is 15.2. The first kappa shape index (κ1) is 26.9. The highest BCUT2D eigenvalue weighted by Crippen LogP contribution is 2.49. The molecule has 0 aliphatic heterocycles. The van der Waals surface area contributed by atoms with Crippen LogP contribution in [0.25, 0.3) is 67.0 Å². The van der Waals surface area contributed by atoms with Crippen LogP contribution in [-0.4, -0.2) is 19.9 Å². The lowest BCUT2D eigenvalue weighted by Gasteiger charge is -2.21. The van der Waals surface area contributed by atoms with Gasteiger partial charge in [0, 0.05) is 28.9 Å². The second kappa shape index (κ2) is 10.8. The average molecular weight is 579 g/mol. The van der Waals surface area contributed by atoms with E-state index in [1.807, 2.05) is 12.1 Å². The number of fused-ring (bicyclic) bond motifs is 3. The molecule has 1 aliphatic rings. The van der Waals surface area contributed by atoms with E-state index in [4.69, 9.17) is 0 Å². The molecule has 0 bridgehead atoms. The van der Waals surface area contributed by atoms with Crippen molar-refractivity contribution in [1.29, 1.82) is 0 Å². The molecule has 2 heterocycles. The molecule has 8 rings (SSSR count). The van der Waals surface area contributed by atoms with Crippen molar-refractivity contribution < 1.29 is 0 Å². The summed E-state index contributed by atoms with van der Waals surface area (Å²) < 4.78 is 0. The quantitative estimate of drug-likeness (QED) is 0.204. The molecule has 4 heteroatoms. The van der Waals surface area contributed by atoms with Gasteiger partial charge in [-0.25, -0.2) is 19.9 Å². The maximum Gasteiger partial charge on any atom is 0.116 e. The van der Waals surface area contributed by atoms with Crippen molar-refractivity contribution in [2.75, 3.05) is 0 Å². The van der Waals surface area contributed by atoms with E-state index in [1.165, 1.54) is 33.4 Å². The number of rotatable bonds is 5. The molecular weight excluding hydrogens is 548 g/mol. The molecule has 0 spiro atoms. The molecule has 0 saturated carbocycles. The van der Waals surface area contributed by atoms with Crippen LogP contribution in [0.15, 0.2) is 146 Å². The zero-order chi connectivity index (χ0) is 30.4. The Kier molecular flexibility index (Phi) is 6.42. The van der Waals surface area contributed by atoms with E-state index >= 15 is 0 Å². The Hall–Kier alpha value is -5.74. The van der Waals surface area contributed by atoms with E-state index in [2.05, 4.69) is 143 Å². The van der Waals surface area contributed by atoms with Crippen LogP contribution in [0.3, 0.4) is 0 Å². The largest absolute Gasteiger partial charge is 0.245 e. The van der Waals surface area contributed by atoms with Crippen LogP contribution in [0.1, 0.15) is 25.0 Å². The zero-order valence-electron chi connectivity index (χ0n) is 25.1. The zero-order valence-corrected chi connectivity index (χ0v) is 25.1. The minimum absolute atomic E-state index is 0.0235. The molecule has 0 unspecified atom stereocenters. The highest BCUT2D eigenvalue weighted by atomic mass is 14.8. The molecular formula is C41H30N4. The topological polar surface area (TPSA) is 51.6 Å². The fraction of sp³-hybridized carbons (Fsp3) is 0.0732. The predicted molar refractivity (Wildman–Crippen MR) is 182 cm³/mol. The third-order valence-corrected chi connectivity index (χ3v) is 9.02. The fourth-order valence-electron chi connectivity index (χ4n) is 6.64. The molecule has 4 nitrogen and oxygen atoms in total. The lowest BCUT2D eigenvalue weighted by atomic mass is 9.82. The first-order chi connectivity index (χ1) is 22.0. The van der Waals surface area contributed by atoms with Crippen molar-refractivity contribution in [3.8, 4) is 67.0 Å². The molecule has 2 aromatic heterocycles. The summed E-state index contributed by atoms with van der Waals surface area (Å²) in [6, 6.07) is 43.8. The van der Waals surface area contributed by atoms with Gasteiger partial charge < -0.3 is 0 Å². The fourth-order valence-corrected chi connectivity index (χ4v) is 6.64. The van der Waals surface area contributed by atoms with Crippen LogP contribution in [0, 0.1) is 0 Å². The van der Waals surface area contributed by atoms with Gasteiger partial charge in [-0.15, -0.1) is 0 Å². The number of benzene rings is 5. The van der Waals surface area contributed by atoms with E-state index in [0.29, 0.717) is 0 Å². The summed E-state index contributed by atoms with van der Waals surface area (Å²) in [5.41, 5.74) is 16.3. The Morgan fingerprint density at radius 2 is 0.933 bits per heavy atom. The number of nitrogens with zero attached hydrogens (tertiary/aromatic N) is 4. The number of hydrogen-bond acceptors (Lipinski definition) is 4. The summed E-state index contributed by atoms with van der Waals surface area (Å²) in [5.74, 6) is 0. The molecule has 45 heavy (non-hydrogen) atoms. The van der Waals surface area contributed by atoms with Crippen LogP contribution in [0.2, 0.25) is 0 Å². The van der Waals surface area contributed by atoms with Crippen molar-refractivity contribution in [2.24, 2.45) is 0 Å². The van der Waals surface area contributed by atoms with Crippen molar-refractivity contribution in [3.05, 3.63) is 158 Å². The molecule has 1 aliphatic carbocycles. The van der Waals surface area contributed by atoms with Gasteiger partial charge in [-0.2, -0.15) is 0 Å². The molecule has 214 valence electrons. The average Bonchev–Trinajstić information content (AvgIpc) is 3.34. The minimum Gasteiger partial charge on any atom is -0.245 e. The molecule has 0 fully saturated rings. The molecule has 0 atom stereocenters. The summed E-state index contributed by atoms with van der Waals surface area (Å²) in [6.45, 7) is 4.65.